The molecule has 2 aromatic rings. The Morgan fingerprint density at radius 1 is 1.33 bits per heavy atom. The summed E-state index contributed by atoms with van der Waals surface area (Å²) in [5, 5.41) is 2.71. The number of carbonyl (C=O) groups is 2. The molecular formula is C14H12BrN3O3. The van der Waals surface area contributed by atoms with Gasteiger partial charge in [0.05, 0.1) is 10.9 Å². The molecule has 6 nitrogen and oxygen atoms in total. The Labute approximate surface area is 128 Å². The lowest BCUT2D eigenvalue weighted by Gasteiger charge is -2.24. The molecule has 3 rings (SSSR count). The molecule has 2 heterocycles. The van der Waals surface area contributed by atoms with Gasteiger partial charge in [-0.3, -0.25) is 24.3 Å². The number of amides is 2. The van der Waals surface area contributed by atoms with Crippen LogP contribution < -0.4 is 10.9 Å². The van der Waals surface area contributed by atoms with E-state index in [0.717, 1.165) is 4.47 Å². The molecule has 7 heteroatoms. The van der Waals surface area contributed by atoms with Crippen molar-refractivity contribution in [1.82, 2.24) is 14.9 Å². The van der Waals surface area contributed by atoms with Gasteiger partial charge in [-0.25, -0.2) is 4.98 Å². The third-order valence-corrected chi connectivity index (χ3v) is 4.05. The Morgan fingerprint density at radius 3 is 2.81 bits per heavy atom. The van der Waals surface area contributed by atoms with Crippen molar-refractivity contribution in [1.29, 1.82) is 0 Å². The normalized spacial score (nSPS) is 18.9. The maximum atomic E-state index is 12.7. The van der Waals surface area contributed by atoms with E-state index in [4.69, 9.17) is 0 Å². The average Bonchev–Trinajstić information content (AvgIpc) is 2.42. The maximum Gasteiger partial charge on any atom is 0.262 e. The first-order chi connectivity index (χ1) is 9.97. The Kier molecular flexibility index (Phi) is 3.36. The van der Waals surface area contributed by atoms with Crippen LogP contribution in [0.2, 0.25) is 0 Å². The van der Waals surface area contributed by atoms with Gasteiger partial charge in [0.15, 0.2) is 0 Å². The fraction of sp³-hybridized carbons (Fsp3) is 0.286. The van der Waals surface area contributed by atoms with Crippen LogP contribution in [0.25, 0.3) is 10.9 Å². The predicted molar refractivity (Wildman–Crippen MR) is 79.9 cm³/mol. The molecule has 1 aliphatic heterocycles. The van der Waals surface area contributed by atoms with Crippen LogP contribution in [0.3, 0.4) is 0 Å². The number of imide groups is 1. The van der Waals surface area contributed by atoms with Gasteiger partial charge >= 0.3 is 0 Å². The summed E-state index contributed by atoms with van der Waals surface area (Å²) in [5.41, 5.74) is 0.317. The number of nitrogens with zero attached hydrogens (tertiary/aromatic N) is 2. The zero-order valence-electron chi connectivity index (χ0n) is 11.2. The Hall–Kier alpha value is -2.02. The van der Waals surface area contributed by atoms with Crippen molar-refractivity contribution in [2.24, 2.45) is 0 Å². The number of halogens is 1. The highest BCUT2D eigenvalue weighted by Gasteiger charge is 2.30. The van der Waals surface area contributed by atoms with Gasteiger partial charge in [0.1, 0.15) is 11.9 Å². The second kappa shape index (κ2) is 5.07. The minimum Gasteiger partial charge on any atom is -0.295 e. The Balaban J connectivity index is 2.21. The number of carbonyl (C=O) groups excluding carboxylic acids is 2. The van der Waals surface area contributed by atoms with Gasteiger partial charge in [-0.1, -0.05) is 15.9 Å². The van der Waals surface area contributed by atoms with Crippen LogP contribution >= 0.6 is 15.9 Å². The number of hydrogen-bond donors (Lipinski definition) is 1. The molecule has 108 valence electrons. The van der Waals surface area contributed by atoms with Gasteiger partial charge in [-0.2, -0.15) is 0 Å². The highest BCUT2D eigenvalue weighted by atomic mass is 79.9. The number of piperidine rings is 1. The SMILES string of the molecule is Cc1nc2ccc(Br)cc2c(=O)n1C1CCC(=O)NC1=O. The fourth-order valence-corrected chi connectivity index (χ4v) is 2.94. The number of aromatic nitrogens is 2. The largest absolute Gasteiger partial charge is 0.295 e. The number of fused-ring (bicyclic) bond motifs is 1. The van der Waals surface area contributed by atoms with Crippen LogP contribution in [0, 0.1) is 6.92 Å². The molecule has 1 N–H and O–H groups in total. The van der Waals surface area contributed by atoms with Crippen LogP contribution in [0.1, 0.15) is 24.7 Å². The van der Waals surface area contributed by atoms with Crippen molar-refractivity contribution in [3.63, 3.8) is 0 Å². The molecule has 1 fully saturated rings. The van der Waals surface area contributed by atoms with Gasteiger partial charge in [-0.05, 0) is 31.5 Å². The van der Waals surface area contributed by atoms with Crippen molar-refractivity contribution in [2.45, 2.75) is 25.8 Å². The summed E-state index contributed by atoms with van der Waals surface area (Å²) in [6.07, 6.45) is 0.533. The van der Waals surface area contributed by atoms with Gasteiger partial charge in [0.2, 0.25) is 11.8 Å². The fourth-order valence-electron chi connectivity index (χ4n) is 2.58. The Morgan fingerprint density at radius 2 is 2.10 bits per heavy atom. The molecule has 1 aromatic heterocycles. The third-order valence-electron chi connectivity index (χ3n) is 3.56. The van der Waals surface area contributed by atoms with E-state index in [1.54, 1.807) is 19.1 Å². The van der Waals surface area contributed by atoms with E-state index in [1.807, 2.05) is 6.07 Å². The summed E-state index contributed by atoms with van der Waals surface area (Å²) in [5.74, 6) is -0.296. The summed E-state index contributed by atoms with van der Waals surface area (Å²) >= 11 is 3.33. The van der Waals surface area contributed by atoms with Crippen LogP contribution in [-0.4, -0.2) is 21.4 Å². The van der Waals surface area contributed by atoms with Crippen LogP contribution in [0.5, 0.6) is 0 Å². The highest BCUT2D eigenvalue weighted by Crippen LogP contribution is 2.21. The minimum absolute atomic E-state index is 0.221. The van der Waals surface area contributed by atoms with E-state index in [2.05, 4.69) is 26.2 Å². The summed E-state index contributed by atoms with van der Waals surface area (Å²) in [6.45, 7) is 1.69. The summed E-state index contributed by atoms with van der Waals surface area (Å²) < 4.78 is 2.14. The van der Waals surface area contributed by atoms with Crippen molar-refractivity contribution >= 4 is 38.6 Å². The van der Waals surface area contributed by atoms with Gasteiger partial charge in [0.25, 0.3) is 5.56 Å². The second-order valence-corrected chi connectivity index (χ2v) is 5.88. The molecule has 0 spiro atoms. The second-order valence-electron chi connectivity index (χ2n) is 4.96. The first-order valence-electron chi connectivity index (χ1n) is 6.49. The van der Waals surface area contributed by atoms with E-state index in [-0.39, 0.29) is 17.9 Å². The summed E-state index contributed by atoms with van der Waals surface area (Å²) in [7, 11) is 0. The average molecular weight is 350 g/mol. The minimum atomic E-state index is -0.689. The molecular weight excluding hydrogens is 338 g/mol. The first-order valence-corrected chi connectivity index (χ1v) is 7.29. The molecule has 0 saturated carbocycles. The lowest BCUT2D eigenvalue weighted by atomic mass is 10.1. The van der Waals surface area contributed by atoms with Crippen LogP contribution in [0.4, 0.5) is 0 Å². The number of rotatable bonds is 1. The van der Waals surface area contributed by atoms with Crippen LogP contribution in [-0.2, 0) is 9.59 Å². The van der Waals surface area contributed by atoms with Gasteiger partial charge in [0, 0.05) is 10.9 Å². The molecule has 21 heavy (non-hydrogen) atoms. The standard InChI is InChI=1S/C14H12BrN3O3/c1-7-16-10-3-2-8(15)6-9(10)14(21)18(7)11-4-5-12(19)17-13(11)20/h2-3,6,11H,4-5H2,1H3,(H,17,19,20). The van der Waals surface area contributed by atoms with Crippen molar-refractivity contribution in [3.8, 4) is 0 Å². The number of aryl methyl sites for hydroxylation is 1. The molecule has 1 aliphatic rings. The van der Waals surface area contributed by atoms with Gasteiger partial charge < -0.3 is 0 Å². The first kappa shape index (κ1) is 13.9. The van der Waals surface area contributed by atoms with E-state index < -0.39 is 11.9 Å². The molecule has 1 saturated heterocycles. The summed E-state index contributed by atoms with van der Waals surface area (Å²) in [4.78, 5) is 40.3. The van der Waals surface area contributed by atoms with Crippen molar-refractivity contribution < 1.29 is 9.59 Å². The predicted octanol–water partition coefficient (Wildman–Crippen LogP) is 1.45. The van der Waals surface area contributed by atoms with E-state index in [9.17, 15) is 14.4 Å². The van der Waals surface area contributed by atoms with E-state index >= 15 is 0 Å². The zero-order valence-corrected chi connectivity index (χ0v) is 12.8. The smallest absolute Gasteiger partial charge is 0.262 e. The van der Waals surface area contributed by atoms with Gasteiger partial charge in [-0.15, -0.1) is 0 Å². The molecule has 1 unspecified atom stereocenters. The zero-order chi connectivity index (χ0) is 15.1. The quantitative estimate of drug-likeness (QED) is 0.790. The highest BCUT2D eigenvalue weighted by molar-refractivity contribution is 9.10. The molecule has 0 aliphatic carbocycles. The lowest BCUT2D eigenvalue weighted by molar-refractivity contribution is -0.135. The maximum absolute atomic E-state index is 12.7. The topological polar surface area (TPSA) is 81.1 Å². The number of nitrogens with one attached hydrogen (secondary N) is 1. The summed E-state index contributed by atoms with van der Waals surface area (Å²) in [6, 6.07) is 4.56. The van der Waals surface area contributed by atoms with E-state index in [0.29, 0.717) is 23.1 Å². The molecule has 0 bridgehead atoms. The molecule has 1 atom stereocenters. The Bertz CT molecular complexity index is 828. The van der Waals surface area contributed by atoms with Crippen molar-refractivity contribution in [3.05, 3.63) is 38.9 Å². The molecule has 2 amide bonds. The number of hydrogen-bond acceptors (Lipinski definition) is 4. The molecule has 0 radical (unpaired) electrons. The van der Waals surface area contributed by atoms with Crippen LogP contribution in [0.15, 0.2) is 27.5 Å². The third kappa shape index (κ3) is 2.37. The van der Waals surface area contributed by atoms with E-state index in [1.165, 1.54) is 4.57 Å². The number of benzene rings is 1. The monoisotopic (exact) mass is 349 g/mol. The molecule has 1 aromatic carbocycles. The van der Waals surface area contributed by atoms with Crippen molar-refractivity contribution in [2.75, 3.05) is 0 Å². The lowest BCUT2D eigenvalue weighted by Crippen LogP contribution is -2.45.